The van der Waals surface area contributed by atoms with Crippen LogP contribution >= 0.6 is 22.6 Å². The second-order valence-electron chi connectivity index (χ2n) is 4.65. The Balaban J connectivity index is 2.05. The van der Waals surface area contributed by atoms with Crippen molar-refractivity contribution in [3.05, 3.63) is 27.3 Å². The first-order chi connectivity index (χ1) is 8.08. The maximum atomic E-state index is 12.0. The highest BCUT2D eigenvalue weighted by Gasteiger charge is 2.29. The summed E-state index contributed by atoms with van der Waals surface area (Å²) < 4.78 is 1.17. The number of halogens is 1. The fourth-order valence-corrected chi connectivity index (χ4v) is 2.59. The predicted octanol–water partition coefficient (Wildman–Crippen LogP) is 2.54. The Bertz CT molecular complexity index is 433. The molecule has 2 N–H and O–H groups in total. The van der Waals surface area contributed by atoms with Gasteiger partial charge in [0, 0.05) is 9.26 Å². The van der Waals surface area contributed by atoms with E-state index in [4.69, 9.17) is 0 Å². The highest BCUT2D eigenvalue weighted by molar-refractivity contribution is 14.1. The second-order valence-corrected chi connectivity index (χ2v) is 5.81. The van der Waals surface area contributed by atoms with Crippen LogP contribution in [0.15, 0.2) is 18.2 Å². The number of hydrogen-bond acceptors (Lipinski definition) is 2. The summed E-state index contributed by atoms with van der Waals surface area (Å²) in [7, 11) is 0. The minimum atomic E-state index is -0.0473. The van der Waals surface area contributed by atoms with Crippen LogP contribution in [0, 0.1) is 16.4 Å². The normalized spacial score (nSPS) is 23.7. The molecule has 3 nitrogen and oxygen atoms in total. The molecule has 1 aliphatic rings. The van der Waals surface area contributed by atoms with Crippen LogP contribution < -0.4 is 10.6 Å². The number of carbonyl (C=O) groups is 1. The maximum absolute atomic E-state index is 12.0. The van der Waals surface area contributed by atoms with Gasteiger partial charge in [-0.15, -0.1) is 0 Å². The molecule has 1 heterocycles. The van der Waals surface area contributed by atoms with Crippen LogP contribution in [0.4, 0.5) is 5.69 Å². The number of anilines is 1. The number of nitrogens with one attached hydrogen (secondary N) is 2. The van der Waals surface area contributed by atoms with E-state index in [1.165, 1.54) is 9.13 Å². The summed E-state index contributed by atoms with van der Waals surface area (Å²) in [5.74, 6) is 0.495. The van der Waals surface area contributed by atoms with Gasteiger partial charge in [-0.1, -0.05) is 13.0 Å². The Morgan fingerprint density at radius 3 is 2.88 bits per heavy atom. The van der Waals surface area contributed by atoms with Crippen LogP contribution in [0.1, 0.15) is 18.9 Å². The average Bonchev–Trinajstić information content (AvgIpc) is 2.70. The van der Waals surface area contributed by atoms with Crippen molar-refractivity contribution in [2.24, 2.45) is 5.92 Å². The lowest BCUT2D eigenvalue weighted by atomic mass is 10.0. The molecule has 0 radical (unpaired) electrons. The van der Waals surface area contributed by atoms with Crippen molar-refractivity contribution in [3.63, 3.8) is 0 Å². The Morgan fingerprint density at radius 1 is 1.53 bits per heavy atom. The fraction of sp³-hybridized carbons (Fsp3) is 0.462. The van der Waals surface area contributed by atoms with Crippen LogP contribution in [0.5, 0.6) is 0 Å². The van der Waals surface area contributed by atoms with E-state index in [1.54, 1.807) is 0 Å². The zero-order valence-corrected chi connectivity index (χ0v) is 12.2. The summed E-state index contributed by atoms with van der Waals surface area (Å²) in [4.78, 5) is 12.0. The number of aryl methyl sites for hydroxylation is 1. The third-order valence-electron chi connectivity index (χ3n) is 3.25. The first-order valence-corrected chi connectivity index (χ1v) is 6.96. The molecule has 0 bridgehead atoms. The first kappa shape index (κ1) is 12.8. The molecule has 1 saturated heterocycles. The SMILES string of the molecule is Cc1ccc(NC(=O)C2NCCC2C)cc1I. The van der Waals surface area contributed by atoms with E-state index in [2.05, 4.69) is 47.1 Å². The molecular formula is C13H17IN2O. The van der Waals surface area contributed by atoms with Gasteiger partial charge in [0.2, 0.25) is 5.91 Å². The third-order valence-corrected chi connectivity index (χ3v) is 4.42. The van der Waals surface area contributed by atoms with E-state index < -0.39 is 0 Å². The van der Waals surface area contributed by atoms with Gasteiger partial charge in [-0.2, -0.15) is 0 Å². The smallest absolute Gasteiger partial charge is 0.241 e. The number of hydrogen-bond donors (Lipinski definition) is 2. The molecule has 2 rings (SSSR count). The van der Waals surface area contributed by atoms with Gasteiger partial charge in [-0.3, -0.25) is 4.79 Å². The lowest BCUT2D eigenvalue weighted by Crippen LogP contribution is -2.39. The van der Waals surface area contributed by atoms with Crippen molar-refractivity contribution in [3.8, 4) is 0 Å². The van der Waals surface area contributed by atoms with E-state index in [9.17, 15) is 4.79 Å². The number of benzene rings is 1. The Hall–Kier alpha value is -0.620. The van der Waals surface area contributed by atoms with Crippen molar-refractivity contribution in [1.82, 2.24) is 5.32 Å². The van der Waals surface area contributed by atoms with Gasteiger partial charge >= 0.3 is 0 Å². The van der Waals surface area contributed by atoms with Gasteiger partial charge in [-0.25, -0.2) is 0 Å². The van der Waals surface area contributed by atoms with E-state index in [0.717, 1.165) is 18.7 Å². The van der Waals surface area contributed by atoms with Crippen LogP contribution in [0.2, 0.25) is 0 Å². The fourth-order valence-electron chi connectivity index (χ4n) is 2.08. The topological polar surface area (TPSA) is 41.1 Å². The molecule has 92 valence electrons. The molecule has 0 saturated carbocycles. The molecule has 4 heteroatoms. The van der Waals surface area contributed by atoms with Crippen molar-refractivity contribution in [2.75, 3.05) is 11.9 Å². The van der Waals surface area contributed by atoms with E-state index in [-0.39, 0.29) is 11.9 Å². The summed E-state index contributed by atoms with van der Waals surface area (Å²) in [5, 5.41) is 6.21. The summed E-state index contributed by atoms with van der Waals surface area (Å²) in [6, 6.07) is 5.94. The molecule has 1 fully saturated rings. The second kappa shape index (κ2) is 5.35. The highest BCUT2D eigenvalue weighted by atomic mass is 127. The summed E-state index contributed by atoms with van der Waals surface area (Å²) >= 11 is 2.28. The lowest BCUT2D eigenvalue weighted by Gasteiger charge is -2.15. The molecule has 0 aliphatic carbocycles. The van der Waals surface area contributed by atoms with Crippen LogP contribution in [-0.2, 0) is 4.79 Å². The molecule has 1 aromatic rings. The maximum Gasteiger partial charge on any atom is 0.241 e. The average molecular weight is 344 g/mol. The van der Waals surface area contributed by atoms with E-state index in [0.29, 0.717) is 5.92 Å². The predicted molar refractivity (Wildman–Crippen MR) is 78.1 cm³/mol. The zero-order chi connectivity index (χ0) is 12.4. The number of carbonyl (C=O) groups excluding carboxylic acids is 1. The largest absolute Gasteiger partial charge is 0.325 e. The van der Waals surface area contributed by atoms with E-state index in [1.807, 2.05) is 18.2 Å². The molecule has 1 aliphatic heterocycles. The van der Waals surface area contributed by atoms with Crippen molar-refractivity contribution in [1.29, 1.82) is 0 Å². The molecular weight excluding hydrogens is 327 g/mol. The Labute approximate surface area is 116 Å². The van der Waals surface area contributed by atoms with Gasteiger partial charge in [0.15, 0.2) is 0 Å². The molecule has 2 unspecified atom stereocenters. The minimum absolute atomic E-state index is 0.0473. The monoisotopic (exact) mass is 344 g/mol. The quantitative estimate of drug-likeness (QED) is 0.810. The molecule has 1 amide bonds. The van der Waals surface area contributed by atoms with Gasteiger partial charge in [-0.05, 0) is 66.1 Å². The van der Waals surface area contributed by atoms with Crippen LogP contribution in [0.3, 0.4) is 0 Å². The van der Waals surface area contributed by atoms with Gasteiger partial charge in [0.1, 0.15) is 0 Å². The van der Waals surface area contributed by atoms with Gasteiger partial charge in [0.25, 0.3) is 0 Å². The first-order valence-electron chi connectivity index (χ1n) is 5.88. The minimum Gasteiger partial charge on any atom is -0.325 e. The molecule has 17 heavy (non-hydrogen) atoms. The highest BCUT2D eigenvalue weighted by Crippen LogP contribution is 2.19. The van der Waals surface area contributed by atoms with Crippen molar-refractivity contribution in [2.45, 2.75) is 26.3 Å². The summed E-state index contributed by atoms with van der Waals surface area (Å²) in [6.07, 6.45) is 1.07. The van der Waals surface area contributed by atoms with Gasteiger partial charge < -0.3 is 10.6 Å². The van der Waals surface area contributed by atoms with Crippen molar-refractivity contribution < 1.29 is 4.79 Å². The van der Waals surface area contributed by atoms with Crippen LogP contribution in [-0.4, -0.2) is 18.5 Å². The number of amides is 1. The lowest BCUT2D eigenvalue weighted by molar-refractivity contribution is -0.118. The van der Waals surface area contributed by atoms with Gasteiger partial charge in [0.05, 0.1) is 6.04 Å². The van der Waals surface area contributed by atoms with Crippen molar-refractivity contribution >= 4 is 34.2 Å². The van der Waals surface area contributed by atoms with E-state index >= 15 is 0 Å². The Morgan fingerprint density at radius 2 is 2.29 bits per heavy atom. The summed E-state index contributed by atoms with van der Waals surface area (Å²) in [6.45, 7) is 5.11. The summed E-state index contributed by atoms with van der Waals surface area (Å²) in [5.41, 5.74) is 2.11. The third kappa shape index (κ3) is 2.98. The number of rotatable bonds is 2. The molecule has 2 atom stereocenters. The molecule has 1 aromatic carbocycles. The zero-order valence-electron chi connectivity index (χ0n) is 10.1. The molecule has 0 spiro atoms. The Kier molecular flexibility index (Phi) is 4.04. The standard InChI is InChI=1S/C13H17IN2O/c1-8-3-4-10(7-11(8)14)16-13(17)12-9(2)5-6-15-12/h3-4,7,9,12,15H,5-6H2,1-2H3,(H,16,17). The molecule has 0 aromatic heterocycles. The van der Waals surface area contributed by atoms with Crippen LogP contribution in [0.25, 0.3) is 0 Å².